The third-order valence-corrected chi connectivity index (χ3v) is 5.92. The molecule has 7 nitrogen and oxygen atoms in total. The van der Waals surface area contributed by atoms with Crippen LogP contribution in [0, 0.1) is 5.82 Å². The van der Waals surface area contributed by atoms with Crippen molar-refractivity contribution in [2.75, 3.05) is 11.1 Å². The fourth-order valence-corrected chi connectivity index (χ4v) is 4.05. The Bertz CT molecular complexity index is 1430. The van der Waals surface area contributed by atoms with Gasteiger partial charge < -0.3 is 10.1 Å². The third kappa shape index (κ3) is 5.81. The second kappa shape index (κ2) is 10.5. The summed E-state index contributed by atoms with van der Waals surface area (Å²) in [5, 5.41) is 3.07. The number of rotatable bonds is 7. The van der Waals surface area contributed by atoms with E-state index in [-0.39, 0.29) is 29.4 Å². The highest BCUT2D eigenvalue weighted by Crippen LogP contribution is 2.24. The maximum absolute atomic E-state index is 13.0. The van der Waals surface area contributed by atoms with E-state index in [1.54, 1.807) is 36.4 Å². The van der Waals surface area contributed by atoms with Gasteiger partial charge in [0.25, 0.3) is 5.56 Å². The molecule has 0 unspecified atom stereocenters. The molecule has 0 fully saturated rings. The van der Waals surface area contributed by atoms with Crippen molar-refractivity contribution in [1.29, 1.82) is 0 Å². The molecule has 0 spiro atoms. The van der Waals surface area contributed by atoms with Crippen LogP contribution < -0.4 is 10.9 Å². The van der Waals surface area contributed by atoms with Gasteiger partial charge in [0.15, 0.2) is 0 Å². The predicted octanol–water partition coefficient (Wildman–Crippen LogP) is 4.57. The molecule has 34 heavy (non-hydrogen) atoms. The molecule has 0 radical (unpaired) electrons. The number of halogens is 2. The van der Waals surface area contributed by atoms with Crippen LogP contribution in [0.15, 0.2) is 82.6 Å². The standard InChI is InChI=1S/C24H17ClFN3O4S/c25-15-5-10-21-27-18(11-23(31)29(21)12-15)13-33-24(32)19-3-1-2-4-20(19)34-14-22(30)28-17-8-6-16(26)7-9-17/h1-12H,13-14H2,(H,28,30). The summed E-state index contributed by atoms with van der Waals surface area (Å²) >= 11 is 7.07. The van der Waals surface area contributed by atoms with Crippen LogP contribution in [0.25, 0.3) is 5.65 Å². The zero-order chi connectivity index (χ0) is 24.1. The van der Waals surface area contributed by atoms with Crippen LogP contribution in [0.4, 0.5) is 10.1 Å². The van der Waals surface area contributed by atoms with Crippen molar-refractivity contribution in [1.82, 2.24) is 9.38 Å². The second-order valence-electron chi connectivity index (χ2n) is 7.08. The summed E-state index contributed by atoms with van der Waals surface area (Å²) in [5.74, 6) is -1.28. The Morgan fingerprint density at radius 3 is 2.65 bits per heavy atom. The lowest BCUT2D eigenvalue weighted by atomic mass is 10.2. The molecule has 2 heterocycles. The normalized spacial score (nSPS) is 10.8. The van der Waals surface area contributed by atoms with E-state index in [9.17, 15) is 18.8 Å². The SMILES string of the molecule is O=C(CSc1ccccc1C(=O)OCc1cc(=O)n2cc(Cl)ccc2n1)Nc1ccc(F)cc1. The lowest BCUT2D eigenvalue weighted by Crippen LogP contribution is -2.17. The number of aromatic nitrogens is 2. The van der Waals surface area contributed by atoms with Crippen LogP contribution in [0.3, 0.4) is 0 Å². The number of hydrogen-bond acceptors (Lipinski definition) is 6. The van der Waals surface area contributed by atoms with Crippen molar-refractivity contribution < 1.29 is 18.7 Å². The average molecular weight is 498 g/mol. The zero-order valence-corrected chi connectivity index (χ0v) is 19.1. The van der Waals surface area contributed by atoms with Gasteiger partial charge in [-0.3, -0.25) is 14.0 Å². The Morgan fingerprint density at radius 2 is 1.85 bits per heavy atom. The third-order valence-electron chi connectivity index (χ3n) is 4.62. The first-order valence-electron chi connectivity index (χ1n) is 10.0. The van der Waals surface area contributed by atoms with E-state index in [0.717, 1.165) is 11.8 Å². The van der Waals surface area contributed by atoms with Crippen LogP contribution in [0.2, 0.25) is 5.02 Å². The zero-order valence-electron chi connectivity index (χ0n) is 17.5. The Morgan fingerprint density at radius 1 is 1.09 bits per heavy atom. The van der Waals surface area contributed by atoms with E-state index in [1.807, 2.05) is 0 Å². The minimum absolute atomic E-state index is 0.0349. The number of ether oxygens (including phenoxy) is 1. The van der Waals surface area contributed by atoms with Crippen molar-refractivity contribution in [3.8, 4) is 0 Å². The summed E-state index contributed by atoms with van der Waals surface area (Å²) in [4.78, 5) is 42.1. The predicted molar refractivity (Wildman–Crippen MR) is 128 cm³/mol. The summed E-state index contributed by atoms with van der Waals surface area (Å²) in [6, 6.07) is 16.6. The Kier molecular flexibility index (Phi) is 7.24. The maximum Gasteiger partial charge on any atom is 0.339 e. The van der Waals surface area contributed by atoms with Crippen LogP contribution in [0.5, 0.6) is 0 Å². The first-order valence-corrected chi connectivity index (χ1v) is 11.4. The van der Waals surface area contributed by atoms with Crippen molar-refractivity contribution in [2.24, 2.45) is 0 Å². The molecule has 1 N–H and O–H groups in total. The number of anilines is 1. The second-order valence-corrected chi connectivity index (χ2v) is 8.53. The Balaban J connectivity index is 1.40. The van der Waals surface area contributed by atoms with Crippen molar-refractivity contribution in [3.63, 3.8) is 0 Å². The Hall–Kier alpha value is -3.69. The van der Waals surface area contributed by atoms with Gasteiger partial charge >= 0.3 is 5.97 Å². The smallest absolute Gasteiger partial charge is 0.339 e. The lowest BCUT2D eigenvalue weighted by Gasteiger charge is -2.10. The fraction of sp³-hybridized carbons (Fsp3) is 0.0833. The van der Waals surface area contributed by atoms with E-state index in [1.165, 1.54) is 40.9 Å². The first kappa shape index (κ1) is 23.5. The van der Waals surface area contributed by atoms with E-state index >= 15 is 0 Å². The van der Waals surface area contributed by atoms with Gasteiger partial charge in [-0.2, -0.15) is 0 Å². The summed E-state index contributed by atoms with van der Waals surface area (Å²) in [7, 11) is 0. The largest absolute Gasteiger partial charge is 0.456 e. The van der Waals surface area contributed by atoms with Crippen LogP contribution >= 0.6 is 23.4 Å². The average Bonchev–Trinajstić information content (AvgIpc) is 2.83. The van der Waals surface area contributed by atoms with Crippen molar-refractivity contribution in [2.45, 2.75) is 11.5 Å². The number of amides is 1. The molecule has 4 rings (SSSR count). The molecule has 0 aliphatic carbocycles. The minimum Gasteiger partial charge on any atom is -0.456 e. The number of nitrogens with one attached hydrogen (secondary N) is 1. The monoisotopic (exact) mass is 497 g/mol. The van der Waals surface area contributed by atoms with E-state index in [4.69, 9.17) is 16.3 Å². The number of thioether (sulfide) groups is 1. The molecule has 2 aromatic carbocycles. The molecule has 0 bridgehead atoms. The van der Waals surface area contributed by atoms with Gasteiger partial charge in [-0.1, -0.05) is 23.7 Å². The molecule has 0 saturated carbocycles. The lowest BCUT2D eigenvalue weighted by molar-refractivity contribution is -0.113. The minimum atomic E-state index is -0.611. The molecular formula is C24H17ClFN3O4S. The number of carbonyl (C=O) groups is 2. The van der Waals surface area contributed by atoms with E-state index in [2.05, 4.69) is 10.3 Å². The van der Waals surface area contributed by atoms with E-state index < -0.39 is 11.8 Å². The summed E-state index contributed by atoms with van der Waals surface area (Å²) in [6.07, 6.45) is 1.46. The number of benzene rings is 2. The number of pyridine rings is 1. The molecule has 0 atom stereocenters. The van der Waals surface area contributed by atoms with Gasteiger partial charge in [0.2, 0.25) is 5.91 Å². The van der Waals surface area contributed by atoms with Crippen molar-refractivity contribution >= 4 is 46.6 Å². The highest BCUT2D eigenvalue weighted by Gasteiger charge is 2.15. The van der Waals surface area contributed by atoms with E-state index in [0.29, 0.717) is 26.9 Å². The molecule has 4 aromatic rings. The number of nitrogens with zero attached hydrogens (tertiary/aromatic N) is 2. The number of carbonyl (C=O) groups excluding carboxylic acids is 2. The number of hydrogen-bond donors (Lipinski definition) is 1. The molecule has 0 saturated heterocycles. The molecule has 1 amide bonds. The summed E-state index contributed by atoms with van der Waals surface area (Å²) < 4.78 is 19.7. The van der Waals surface area contributed by atoms with Crippen LogP contribution in [-0.4, -0.2) is 27.0 Å². The molecule has 2 aromatic heterocycles. The highest BCUT2D eigenvalue weighted by atomic mass is 35.5. The van der Waals surface area contributed by atoms with Crippen LogP contribution in [-0.2, 0) is 16.1 Å². The number of fused-ring (bicyclic) bond motifs is 1. The molecule has 0 aliphatic heterocycles. The first-order chi connectivity index (χ1) is 16.4. The van der Waals surface area contributed by atoms with Gasteiger partial charge in [-0.25, -0.2) is 14.2 Å². The fourth-order valence-electron chi connectivity index (χ4n) is 3.05. The number of esters is 1. The summed E-state index contributed by atoms with van der Waals surface area (Å²) in [5.41, 5.74) is 1.09. The van der Waals surface area contributed by atoms with Gasteiger partial charge in [-0.05, 0) is 48.5 Å². The van der Waals surface area contributed by atoms with Gasteiger partial charge in [-0.15, -0.1) is 11.8 Å². The van der Waals surface area contributed by atoms with Crippen molar-refractivity contribution in [3.05, 3.63) is 105 Å². The molecule has 0 aliphatic rings. The molecular weight excluding hydrogens is 481 g/mol. The summed E-state index contributed by atoms with van der Waals surface area (Å²) in [6.45, 7) is -0.197. The van der Waals surface area contributed by atoms with Gasteiger partial charge in [0.1, 0.15) is 18.1 Å². The van der Waals surface area contributed by atoms with Crippen LogP contribution in [0.1, 0.15) is 16.1 Å². The van der Waals surface area contributed by atoms with Gasteiger partial charge in [0.05, 0.1) is 22.0 Å². The maximum atomic E-state index is 13.0. The Labute approximate surface area is 202 Å². The highest BCUT2D eigenvalue weighted by molar-refractivity contribution is 8.00. The molecule has 172 valence electrons. The molecule has 10 heteroatoms. The van der Waals surface area contributed by atoms with Gasteiger partial charge in [0, 0.05) is 22.8 Å². The topological polar surface area (TPSA) is 89.8 Å². The quantitative estimate of drug-likeness (QED) is 0.297.